The van der Waals surface area contributed by atoms with Gasteiger partial charge in [-0.3, -0.25) is 0 Å². The Bertz CT molecular complexity index is 440. The van der Waals surface area contributed by atoms with E-state index >= 15 is 0 Å². The number of carbonyl (C=O) groups is 1. The Morgan fingerprint density at radius 3 is 3.06 bits per heavy atom. The second-order valence-corrected chi connectivity index (χ2v) is 5.04. The highest BCUT2D eigenvalue weighted by molar-refractivity contribution is 6.32. The van der Waals surface area contributed by atoms with Gasteiger partial charge in [-0.05, 0) is 48.4 Å². The lowest BCUT2D eigenvalue weighted by Crippen LogP contribution is -2.12. The Morgan fingerprint density at radius 2 is 2.35 bits per heavy atom. The molecule has 1 aliphatic heterocycles. The number of hydrogen-bond acceptors (Lipinski definition) is 2. The highest BCUT2D eigenvalue weighted by Gasteiger charge is 2.21. The summed E-state index contributed by atoms with van der Waals surface area (Å²) in [6.45, 7) is 4.90. The van der Waals surface area contributed by atoms with E-state index in [0.717, 1.165) is 31.5 Å². The summed E-state index contributed by atoms with van der Waals surface area (Å²) in [4.78, 5) is 10.6. The van der Waals surface area contributed by atoms with Crippen LogP contribution in [-0.2, 0) is 11.2 Å². The summed E-state index contributed by atoms with van der Waals surface area (Å²) in [6, 6.07) is 1.95. The summed E-state index contributed by atoms with van der Waals surface area (Å²) in [5, 5.41) is 0.679. The van der Waals surface area contributed by atoms with Crippen molar-refractivity contribution in [2.24, 2.45) is 0 Å². The lowest BCUT2D eigenvalue weighted by molar-refractivity contribution is -0.108. The van der Waals surface area contributed by atoms with Crippen LogP contribution in [0, 0.1) is 6.92 Å². The van der Waals surface area contributed by atoms with Gasteiger partial charge in [0.2, 0.25) is 0 Å². The minimum atomic E-state index is 0.220. The molecule has 2 rings (SSSR count). The van der Waals surface area contributed by atoms with Crippen molar-refractivity contribution in [2.75, 3.05) is 6.61 Å². The predicted molar refractivity (Wildman–Crippen MR) is 69.1 cm³/mol. The number of benzene rings is 1. The van der Waals surface area contributed by atoms with Crippen LogP contribution in [0.25, 0.3) is 0 Å². The maximum absolute atomic E-state index is 10.6. The minimum Gasteiger partial charge on any atom is -0.492 e. The molecule has 2 nitrogen and oxygen atoms in total. The minimum absolute atomic E-state index is 0.220. The molecule has 0 fully saturated rings. The van der Waals surface area contributed by atoms with Crippen LogP contribution in [-0.4, -0.2) is 12.9 Å². The summed E-state index contributed by atoms with van der Waals surface area (Å²) >= 11 is 6.25. The molecule has 0 amide bonds. The van der Waals surface area contributed by atoms with Crippen LogP contribution in [0.5, 0.6) is 5.75 Å². The van der Waals surface area contributed by atoms with Gasteiger partial charge in [0.05, 0.1) is 11.6 Å². The highest BCUT2D eigenvalue weighted by atomic mass is 35.5. The normalized spacial score (nSPS) is 15.9. The Morgan fingerprint density at radius 1 is 1.59 bits per heavy atom. The molecule has 3 heteroatoms. The van der Waals surface area contributed by atoms with E-state index in [1.54, 1.807) is 0 Å². The van der Waals surface area contributed by atoms with Gasteiger partial charge in [0, 0.05) is 6.42 Å². The van der Waals surface area contributed by atoms with E-state index < -0.39 is 0 Å². The van der Waals surface area contributed by atoms with Gasteiger partial charge in [0.1, 0.15) is 12.0 Å². The van der Waals surface area contributed by atoms with E-state index in [2.05, 4.69) is 13.8 Å². The predicted octanol–water partition coefficient (Wildman–Crippen LogP) is 3.67. The summed E-state index contributed by atoms with van der Waals surface area (Å²) in [7, 11) is 0. The molecule has 0 spiro atoms. The van der Waals surface area contributed by atoms with Gasteiger partial charge in [-0.25, -0.2) is 0 Å². The fourth-order valence-electron chi connectivity index (χ4n) is 2.46. The quantitative estimate of drug-likeness (QED) is 0.768. The Balaban J connectivity index is 2.48. The van der Waals surface area contributed by atoms with Gasteiger partial charge in [-0.2, -0.15) is 0 Å². The molecule has 17 heavy (non-hydrogen) atoms. The fraction of sp³-hybridized carbons (Fsp3) is 0.500. The summed E-state index contributed by atoms with van der Waals surface area (Å²) in [6.07, 6.45) is 3.56. The number of hydrogen-bond donors (Lipinski definition) is 0. The van der Waals surface area contributed by atoms with Gasteiger partial charge in [-0.1, -0.05) is 18.5 Å². The third-order valence-corrected chi connectivity index (χ3v) is 3.74. The molecule has 1 aliphatic rings. The lowest BCUT2D eigenvalue weighted by Gasteiger charge is -2.24. The first kappa shape index (κ1) is 12.4. The van der Waals surface area contributed by atoms with Gasteiger partial charge < -0.3 is 9.53 Å². The molecule has 0 radical (unpaired) electrons. The van der Waals surface area contributed by atoms with Gasteiger partial charge in [-0.15, -0.1) is 0 Å². The zero-order chi connectivity index (χ0) is 12.4. The first-order chi connectivity index (χ1) is 8.15. The molecule has 92 valence electrons. The topological polar surface area (TPSA) is 26.3 Å². The van der Waals surface area contributed by atoms with Crippen LogP contribution >= 0.6 is 11.6 Å². The van der Waals surface area contributed by atoms with E-state index in [9.17, 15) is 4.79 Å². The standard InChI is InChI=1S/C14H17ClO2/c1-9(5-6-16)12-8-13(15)14-11(10(12)2)4-3-7-17-14/h6,8-9H,3-5,7H2,1-2H3. The molecule has 0 saturated heterocycles. The zero-order valence-corrected chi connectivity index (χ0v) is 11.0. The molecule has 1 heterocycles. The van der Waals surface area contributed by atoms with Crippen LogP contribution in [0.1, 0.15) is 42.4 Å². The second kappa shape index (κ2) is 5.09. The molecule has 0 saturated carbocycles. The molecule has 1 atom stereocenters. The van der Waals surface area contributed by atoms with Gasteiger partial charge in [0.15, 0.2) is 0 Å². The third-order valence-electron chi connectivity index (χ3n) is 3.46. The van der Waals surface area contributed by atoms with Crippen molar-refractivity contribution in [2.45, 2.75) is 39.0 Å². The average molecular weight is 253 g/mol. The maximum Gasteiger partial charge on any atom is 0.141 e. The fourth-order valence-corrected chi connectivity index (χ4v) is 2.75. The molecule has 0 N–H and O–H groups in total. The van der Waals surface area contributed by atoms with Crippen LogP contribution in [0.4, 0.5) is 0 Å². The molecule has 0 aliphatic carbocycles. The van der Waals surface area contributed by atoms with Crippen LogP contribution < -0.4 is 4.74 Å². The third kappa shape index (κ3) is 2.32. The monoisotopic (exact) mass is 252 g/mol. The Kier molecular flexibility index (Phi) is 3.72. The molecule has 1 aromatic carbocycles. The first-order valence-corrected chi connectivity index (χ1v) is 6.41. The Hall–Kier alpha value is -1.02. The average Bonchev–Trinajstić information content (AvgIpc) is 2.34. The van der Waals surface area contributed by atoms with Crippen molar-refractivity contribution in [3.63, 3.8) is 0 Å². The van der Waals surface area contributed by atoms with Crippen LogP contribution in [0.2, 0.25) is 5.02 Å². The van der Waals surface area contributed by atoms with E-state index in [1.165, 1.54) is 16.7 Å². The summed E-state index contributed by atoms with van der Waals surface area (Å²) in [5.74, 6) is 1.06. The van der Waals surface area contributed by atoms with Crippen molar-refractivity contribution in [3.8, 4) is 5.75 Å². The number of halogens is 1. The highest BCUT2D eigenvalue weighted by Crippen LogP contribution is 2.39. The molecule has 1 aromatic rings. The summed E-state index contributed by atoms with van der Waals surface area (Å²) in [5.41, 5.74) is 3.63. The Labute approximate surface area is 107 Å². The number of ether oxygens (including phenoxy) is 1. The molecular formula is C14H17ClO2. The van der Waals surface area contributed by atoms with Crippen molar-refractivity contribution in [1.29, 1.82) is 0 Å². The number of aldehydes is 1. The molecular weight excluding hydrogens is 236 g/mol. The van der Waals surface area contributed by atoms with Crippen LogP contribution in [0.15, 0.2) is 6.07 Å². The van der Waals surface area contributed by atoms with Crippen molar-refractivity contribution in [3.05, 3.63) is 27.8 Å². The van der Waals surface area contributed by atoms with E-state index in [1.807, 2.05) is 6.07 Å². The van der Waals surface area contributed by atoms with E-state index in [4.69, 9.17) is 16.3 Å². The van der Waals surface area contributed by atoms with Gasteiger partial charge >= 0.3 is 0 Å². The first-order valence-electron chi connectivity index (χ1n) is 6.03. The number of rotatable bonds is 3. The second-order valence-electron chi connectivity index (χ2n) is 4.64. The zero-order valence-electron chi connectivity index (χ0n) is 10.3. The van der Waals surface area contributed by atoms with Gasteiger partial charge in [0.25, 0.3) is 0 Å². The molecule has 1 unspecified atom stereocenters. The van der Waals surface area contributed by atoms with E-state index in [0.29, 0.717) is 11.4 Å². The summed E-state index contributed by atoms with van der Waals surface area (Å²) < 4.78 is 5.63. The number of carbonyl (C=O) groups excluding carboxylic acids is 1. The molecule has 0 bridgehead atoms. The van der Waals surface area contributed by atoms with Crippen molar-refractivity contribution in [1.82, 2.24) is 0 Å². The van der Waals surface area contributed by atoms with E-state index in [-0.39, 0.29) is 5.92 Å². The van der Waals surface area contributed by atoms with Crippen molar-refractivity contribution < 1.29 is 9.53 Å². The smallest absolute Gasteiger partial charge is 0.141 e. The number of fused-ring (bicyclic) bond motifs is 1. The lowest BCUT2D eigenvalue weighted by atomic mass is 9.89. The largest absolute Gasteiger partial charge is 0.492 e. The van der Waals surface area contributed by atoms with Crippen LogP contribution in [0.3, 0.4) is 0 Å². The van der Waals surface area contributed by atoms with Crippen molar-refractivity contribution >= 4 is 17.9 Å². The SMILES string of the molecule is Cc1c(C(C)CC=O)cc(Cl)c2c1CCCO2. The molecule has 0 aromatic heterocycles. The maximum atomic E-state index is 10.6.